The summed E-state index contributed by atoms with van der Waals surface area (Å²) in [5.74, 6) is 2.73. The number of anilines is 3. The minimum Gasteiger partial charge on any atom is -0.496 e. The van der Waals surface area contributed by atoms with Crippen molar-refractivity contribution in [2.75, 3.05) is 48.5 Å². The number of rotatable bonds is 6. The lowest BCUT2D eigenvalue weighted by molar-refractivity contribution is 0.415. The van der Waals surface area contributed by atoms with Crippen LogP contribution < -0.4 is 20.0 Å². The number of hydrogen-bond acceptors (Lipinski definition) is 8. The normalized spacial score (nSPS) is 17.0. The molecule has 3 heterocycles. The molecule has 0 radical (unpaired) electrons. The first-order chi connectivity index (χ1) is 16.3. The van der Waals surface area contributed by atoms with Gasteiger partial charge in [0.1, 0.15) is 5.75 Å². The van der Waals surface area contributed by atoms with E-state index in [-0.39, 0.29) is 0 Å². The molecule has 8 nitrogen and oxygen atoms in total. The molecule has 0 amide bonds. The molecule has 0 saturated carbocycles. The number of benzene rings is 2. The maximum atomic E-state index is 5.58. The van der Waals surface area contributed by atoms with Crippen molar-refractivity contribution in [2.45, 2.75) is 38.5 Å². The van der Waals surface area contributed by atoms with Gasteiger partial charge in [-0.3, -0.25) is 0 Å². The molecule has 0 unspecified atom stereocenters. The van der Waals surface area contributed by atoms with Gasteiger partial charge in [-0.05, 0) is 55.4 Å². The Kier molecular flexibility index (Phi) is 6.51. The van der Waals surface area contributed by atoms with Crippen LogP contribution in [-0.4, -0.2) is 54.5 Å². The molecule has 2 aromatic carbocycles. The van der Waals surface area contributed by atoms with E-state index in [4.69, 9.17) is 19.7 Å². The molecule has 0 spiro atoms. The van der Waals surface area contributed by atoms with E-state index >= 15 is 0 Å². The fourth-order valence-corrected chi connectivity index (χ4v) is 4.62. The minimum atomic E-state index is 0.474. The number of piperidine rings is 2. The number of nitrogens with zero attached hydrogens (tertiary/aromatic N) is 6. The highest BCUT2D eigenvalue weighted by Crippen LogP contribution is 2.27. The van der Waals surface area contributed by atoms with Crippen LogP contribution in [0.4, 0.5) is 17.8 Å². The predicted octanol–water partition coefficient (Wildman–Crippen LogP) is 4.46. The van der Waals surface area contributed by atoms with Crippen LogP contribution >= 0.6 is 0 Å². The molecule has 2 aliphatic heterocycles. The highest BCUT2D eigenvalue weighted by Gasteiger charge is 2.20. The van der Waals surface area contributed by atoms with Crippen molar-refractivity contribution in [1.82, 2.24) is 15.0 Å². The van der Waals surface area contributed by atoms with E-state index in [1.165, 1.54) is 38.5 Å². The van der Waals surface area contributed by atoms with Gasteiger partial charge in [0.05, 0.1) is 13.3 Å². The Labute approximate surface area is 194 Å². The van der Waals surface area contributed by atoms with Crippen LogP contribution in [-0.2, 0) is 0 Å². The van der Waals surface area contributed by atoms with Crippen LogP contribution in [0.3, 0.4) is 0 Å². The zero-order valence-corrected chi connectivity index (χ0v) is 19.2. The third kappa shape index (κ3) is 4.84. The van der Waals surface area contributed by atoms with Gasteiger partial charge in [-0.25, -0.2) is 5.43 Å². The number of nitrogens with one attached hydrogen (secondary N) is 1. The van der Waals surface area contributed by atoms with E-state index < -0.39 is 0 Å². The third-order valence-corrected chi connectivity index (χ3v) is 6.40. The smallest absolute Gasteiger partial charge is 0.250 e. The summed E-state index contributed by atoms with van der Waals surface area (Å²) in [7, 11) is 1.68. The maximum Gasteiger partial charge on any atom is 0.250 e. The molecule has 8 heteroatoms. The van der Waals surface area contributed by atoms with Gasteiger partial charge in [0.2, 0.25) is 17.8 Å². The van der Waals surface area contributed by atoms with Crippen LogP contribution in [0.1, 0.15) is 44.1 Å². The average Bonchev–Trinajstić information content (AvgIpc) is 2.89. The van der Waals surface area contributed by atoms with Crippen molar-refractivity contribution in [3.63, 3.8) is 0 Å². The van der Waals surface area contributed by atoms with Crippen LogP contribution in [0.2, 0.25) is 0 Å². The number of aromatic nitrogens is 3. The maximum absolute atomic E-state index is 5.58. The van der Waals surface area contributed by atoms with E-state index in [1.807, 2.05) is 18.2 Å². The first-order valence-electron chi connectivity index (χ1n) is 11.9. The molecule has 3 aromatic rings. The van der Waals surface area contributed by atoms with Crippen molar-refractivity contribution in [1.29, 1.82) is 0 Å². The number of ether oxygens (including phenoxy) is 1. The van der Waals surface area contributed by atoms with Crippen molar-refractivity contribution in [2.24, 2.45) is 5.10 Å². The Morgan fingerprint density at radius 3 is 2.09 bits per heavy atom. The monoisotopic (exact) mass is 445 g/mol. The fraction of sp³-hybridized carbons (Fsp3) is 0.440. The summed E-state index contributed by atoms with van der Waals surface area (Å²) >= 11 is 0. The van der Waals surface area contributed by atoms with Crippen molar-refractivity contribution in [3.8, 4) is 5.75 Å². The molecule has 0 bridgehead atoms. The van der Waals surface area contributed by atoms with Crippen LogP contribution in [0.5, 0.6) is 5.75 Å². The predicted molar refractivity (Wildman–Crippen MR) is 134 cm³/mol. The van der Waals surface area contributed by atoms with Gasteiger partial charge in [-0.2, -0.15) is 20.1 Å². The molecule has 1 N–H and O–H groups in total. The lowest BCUT2D eigenvalue weighted by Gasteiger charge is -2.30. The molecule has 5 rings (SSSR count). The molecular formula is C25H31N7O. The summed E-state index contributed by atoms with van der Waals surface area (Å²) in [4.78, 5) is 18.8. The highest BCUT2D eigenvalue weighted by atomic mass is 16.5. The molecule has 0 atom stereocenters. The number of hydrogen-bond donors (Lipinski definition) is 1. The van der Waals surface area contributed by atoms with Crippen LogP contribution in [0, 0.1) is 0 Å². The topological polar surface area (TPSA) is 78.8 Å². The number of hydrazone groups is 1. The lowest BCUT2D eigenvalue weighted by Crippen LogP contribution is -2.34. The van der Waals surface area contributed by atoms with Gasteiger partial charge in [0.25, 0.3) is 0 Å². The third-order valence-electron chi connectivity index (χ3n) is 6.40. The number of fused-ring (bicyclic) bond motifs is 1. The van der Waals surface area contributed by atoms with Gasteiger partial charge in [0.15, 0.2) is 0 Å². The molecule has 2 aliphatic rings. The standard InChI is InChI=1S/C25H31N7O/c1-33-22-13-12-19-10-4-5-11-20(19)21(22)18-26-30-23-27-24(31-14-6-2-7-15-31)29-25(28-23)32-16-8-3-9-17-32/h4-5,10-13,18H,2-3,6-9,14-17H2,1H3,(H,27,28,29,30). The Bertz CT molecular complexity index is 1080. The van der Waals surface area contributed by atoms with E-state index in [9.17, 15) is 0 Å². The van der Waals surface area contributed by atoms with E-state index in [2.05, 4.69) is 38.5 Å². The van der Waals surface area contributed by atoms with Crippen molar-refractivity contribution in [3.05, 3.63) is 42.0 Å². The second-order valence-electron chi connectivity index (χ2n) is 8.63. The molecule has 2 saturated heterocycles. The summed E-state index contributed by atoms with van der Waals surface area (Å²) in [6.07, 6.45) is 9.01. The summed E-state index contributed by atoms with van der Waals surface area (Å²) in [5, 5.41) is 6.72. The first-order valence-corrected chi connectivity index (χ1v) is 11.9. The van der Waals surface area contributed by atoms with Gasteiger partial charge in [-0.1, -0.05) is 30.3 Å². The fourth-order valence-electron chi connectivity index (χ4n) is 4.62. The molecule has 172 valence electrons. The summed E-state index contributed by atoms with van der Waals surface area (Å²) < 4.78 is 5.58. The second kappa shape index (κ2) is 10.0. The average molecular weight is 446 g/mol. The van der Waals surface area contributed by atoms with E-state index in [0.717, 1.165) is 60.2 Å². The van der Waals surface area contributed by atoms with Crippen LogP contribution in [0.15, 0.2) is 41.5 Å². The van der Waals surface area contributed by atoms with Crippen LogP contribution in [0.25, 0.3) is 10.8 Å². The summed E-state index contributed by atoms with van der Waals surface area (Å²) in [6, 6.07) is 12.2. The second-order valence-corrected chi connectivity index (χ2v) is 8.63. The Morgan fingerprint density at radius 2 is 1.45 bits per heavy atom. The van der Waals surface area contributed by atoms with E-state index in [1.54, 1.807) is 13.3 Å². The van der Waals surface area contributed by atoms with Gasteiger partial charge in [0, 0.05) is 31.7 Å². The SMILES string of the molecule is COc1ccc2ccccc2c1C=NNc1nc(N2CCCCC2)nc(N2CCCCC2)n1. The zero-order chi connectivity index (χ0) is 22.5. The molecule has 1 aromatic heterocycles. The molecule has 2 fully saturated rings. The number of methoxy groups -OCH3 is 1. The Hall–Kier alpha value is -3.42. The Balaban J connectivity index is 1.44. The zero-order valence-electron chi connectivity index (χ0n) is 19.2. The van der Waals surface area contributed by atoms with Gasteiger partial charge >= 0.3 is 0 Å². The van der Waals surface area contributed by atoms with Crippen molar-refractivity contribution >= 4 is 34.8 Å². The quantitative estimate of drug-likeness (QED) is 0.443. The minimum absolute atomic E-state index is 0.474. The lowest BCUT2D eigenvalue weighted by atomic mass is 10.0. The van der Waals surface area contributed by atoms with Crippen molar-refractivity contribution < 1.29 is 4.74 Å². The molecule has 33 heavy (non-hydrogen) atoms. The molecule has 0 aliphatic carbocycles. The molecular weight excluding hydrogens is 414 g/mol. The van der Waals surface area contributed by atoms with Gasteiger partial charge in [-0.15, -0.1) is 0 Å². The highest BCUT2D eigenvalue weighted by molar-refractivity contribution is 6.02. The van der Waals surface area contributed by atoms with Gasteiger partial charge < -0.3 is 14.5 Å². The Morgan fingerprint density at radius 1 is 0.818 bits per heavy atom. The largest absolute Gasteiger partial charge is 0.496 e. The summed E-state index contributed by atoms with van der Waals surface area (Å²) in [6.45, 7) is 3.94. The van der Waals surface area contributed by atoms with E-state index in [0.29, 0.717) is 5.95 Å². The first kappa shape index (κ1) is 21.4. The summed E-state index contributed by atoms with van der Waals surface area (Å²) in [5.41, 5.74) is 3.99.